The molecule has 120 valence electrons. The lowest BCUT2D eigenvalue weighted by atomic mass is 10.1. The summed E-state index contributed by atoms with van der Waals surface area (Å²) in [5, 5.41) is 3.35. The molecule has 0 spiro atoms. The van der Waals surface area contributed by atoms with E-state index in [0.29, 0.717) is 18.3 Å². The molecule has 1 atom stereocenters. The Labute approximate surface area is 129 Å². The molecule has 4 nitrogen and oxygen atoms in total. The van der Waals surface area contributed by atoms with Crippen molar-refractivity contribution in [1.29, 1.82) is 0 Å². The molecule has 0 saturated carbocycles. The number of methoxy groups -OCH3 is 1. The van der Waals surface area contributed by atoms with E-state index in [2.05, 4.69) is 21.9 Å². The van der Waals surface area contributed by atoms with Crippen LogP contribution in [-0.2, 0) is 6.54 Å². The monoisotopic (exact) mass is 322 g/mol. The first-order chi connectivity index (χ1) is 9.60. The van der Waals surface area contributed by atoms with Crippen LogP contribution in [0.25, 0.3) is 0 Å². The highest BCUT2D eigenvalue weighted by atomic mass is 35.5. The summed E-state index contributed by atoms with van der Waals surface area (Å²) in [5.41, 5.74) is 0.721. The Morgan fingerprint density at radius 2 is 2.19 bits per heavy atom. The van der Waals surface area contributed by atoms with Gasteiger partial charge in [0.15, 0.2) is 11.5 Å². The number of para-hydroxylation sites is 1. The predicted octanol–water partition coefficient (Wildman–Crippen LogP) is 2.51. The van der Waals surface area contributed by atoms with Crippen molar-refractivity contribution in [3.8, 4) is 11.5 Å². The topological polar surface area (TPSA) is 33.7 Å². The van der Waals surface area contributed by atoms with Gasteiger partial charge in [-0.15, -0.1) is 12.4 Å². The van der Waals surface area contributed by atoms with Gasteiger partial charge in [0, 0.05) is 37.8 Å². The SMILES string of the molecule is COc1cccc(CN2CCN[C@H](C)C2)c1OC(F)F.Cl. The molecule has 0 amide bonds. The minimum Gasteiger partial charge on any atom is -0.493 e. The van der Waals surface area contributed by atoms with Crippen molar-refractivity contribution in [1.82, 2.24) is 10.2 Å². The third kappa shape index (κ3) is 4.98. The molecule has 21 heavy (non-hydrogen) atoms. The van der Waals surface area contributed by atoms with Gasteiger partial charge in [-0.05, 0) is 13.0 Å². The number of hydrogen-bond donors (Lipinski definition) is 1. The van der Waals surface area contributed by atoms with Crippen LogP contribution in [0, 0.1) is 0 Å². The molecule has 0 bridgehead atoms. The number of hydrogen-bond acceptors (Lipinski definition) is 4. The third-order valence-corrected chi connectivity index (χ3v) is 3.33. The number of benzene rings is 1. The molecule has 1 aromatic rings. The summed E-state index contributed by atoms with van der Waals surface area (Å²) in [6, 6.07) is 5.61. The van der Waals surface area contributed by atoms with Crippen LogP contribution >= 0.6 is 12.4 Å². The smallest absolute Gasteiger partial charge is 0.387 e. The Bertz CT molecular complexity index is 449. The average molecular weight is 323 g/mol. The molecule has 1 aromatic carbocycles. The average Bonchev–Trinajstić information content (AvgIpc) is 2.40. The van der Waals surface area contributed by atoms with E-state index in [1.165, 1.54) is 7.11 Å². The largest absolute Gasteiger partial charge is 0.493 e. The minimum absolute atomic E-state index is 0. The Morgan fingerprint density at radius 1 is 1.43 bits per heavy atom. The Kier molecular flexibility index (Phi) is 7.14. The van der Waals surface area contributed by atoms with Crippen LogP contribution in [0.3, 0.4) is 0 Å². The van der Waals surface area contributed by atoms with Crippen molar-refractivity contribution >= 4 is 12.4 Å². The van der Waals surface area contributed by atoms with Crippen LogP contribution in [0.4, 0.5) is 8.78 Å². The summed E-state index contributed by atoms with van der Waals surface area (Å²) in [7, 11) is 1.45. The van der Waals surface area contributed by atoms with Crippen molar-refractivity contribution < 1.29 is 18.3 Å². The van der Waals surface area contributed by atoms with Gasteiger partial charge in [0.2, 0.25) is 0 Å². The summed E-state index contributed by atoms with van der Waals surface area (Å²) >= 11 is 0. The molecule has 0 unspecified atom stereocenters. The highest BCUT2D eigenvalue weighted by Gasteiger charge is 2.20. The van der Waals surface area contributed by atoms with Gasteiger partial charge >= 0.3 is 6.61 Å². The lowest BCUT2D eigenvalue weighted by molar-refractivity contribution is -0.0522. The molecule has 1 saturated heterocycles. The van der Waals surface area contributed by atoms with E-state index >= 15 is 0 Å². The zero-order valence-electron chi connectivity index (χ0n) is 12.1. The number of nitrogens with zero attached hydrogens (tertiary/aromatic N) is 1. The molecule has 7 heteroatoms. The maximum Gasteiger partial charge on any atom is 0.387 e. The van der Waals surface area contributed by atoms with Gasteiger partial charge in [-0.25, -0.2) is 0 Å². The third-order valence-electron chi connectivity index (χ3n) is 3.33. The van der Waals surface area contributed by atoms with E-state index in [1.54, 1.807) is 18.2 Å². The van der Waals surface area contributed by atoms with Crippen LogP contribution < -0.4 is 14.8 Å². The molecule has 0 aliphatic carbocycles. The summed E-state index contributed by atoms with van der Waals surface area (Å²) in [6.45, 7) is 2.49. The summed E-state index contributed by atoms with van der Waals surface area (Å²) in [5.74, 6) is 0.474. The van der Waals surface area contributed by atoms with E-state index < -0.39 is 6.61 Å². The van der Waals surface area contributed by atoms with E-state index in [9.17, 15) is 8.78 Å². The van der Waals surface area contributed by atoms with Gasteiger partial charge in [0.1, 0.15) is 0 Å². The molecule has 0 aromatic heterocycles. The first kappa shape index (κ1) is 17.9. The summed E-state index contributed by atoms with van der Waals surface area (Å²) < 4.78 is 34.9. The van der Waals surface area contributed by atoms with E-state index in [1.807, 2.05) is 0 Å². The maximum absolute atomic E-state index is 12.6. The number of alkyl halides is 2. The maximum atomic E-state index is 12.6. The molecule has 1 heterocycles. The normalized spacial score (nSPS) is 19.2. The summed E-state index contributed by atoms with van der Waals surface area (Å²) in [4.78, 5) is 2.22. The second-order valence-corrected chi connectivity index (χ2v) is 4.92. The fourth-order valence-corrected chi connectivity index (χ4v) is 2.47. The van der Waals surface area contributed by atoms with E-state index in [4.69, 9.17) is 4.74 Å². The van der Waals surface area contributed by atoms with Crippen molar-refractivity contribution in [2.45, 2.75) is 26.1 Å². The van der Waals surface area contributed by atoms with Crippen LogP contribution in [0.5, 0.6) is 11.5 Å². The van der Waals surface area contributed by atoms with Crippen LogP contribution in [0.2, 0.25) is 0 Å². The lowest BCUT2D eigenvalue weighted by Crippen LogP contribution is -2.48. The van der Waals surface area contributed by atoms with E-state index in [-0.39, 0.29) is 18.2 Å². The van der Waals surface area contributed by atoms with Crippen LogP contribution in [-0.4, -0.2) is 44.3 Å². The van der Waals surface area contributed by atoms with Gasteiger partial charge < -0.3 is 14.8 Å². The Balaban J connectivity index is 0.00000220. The molecule has 0 radical (unpaired) electrons. The molecule has 2 rings (SSSR count). The zero-order valence-corrected chi connectivity index (χ0v) is 13.0. The van der Waals surface area contributed by atoms with Crippen molar-refractivity contribution in [2.24, 2.45) is 0 Å². The van der Waals surface area contributed by atoms with Crippen molar-refractivity contribution in [3.05, 3.63) is 23.8 Å². The second-order valence-electron chi connectivity index (χ2n) is 4.92. The van der Waals surface area contributed by atoms with Crippen molar-refractivity contribution in [2.75, 3.05) is 26.7 Å². The summed E-state index contributed by atoms with van der Waals surface area (Å²) in [6.07, 6.45) is 0. The molecular weight excluding hydrogens is 302 g/mol. The molecule has 1 aliphatic heterocycles. The highest BCUT2D eigenvalue weighted by molar-refractivity contribution is 5.85. The zero-order chi connectivity index (χ0) is 14.5. The fourth-order valence-electron chi connectivity index (χ4n) is 2.47. The van der Waals surface area contributed by atoms with Gasteiger partial charge in [-0.2, -0.15) is 8.78 Å². The fraction of sp³-hybridized carbons (Fsp3) is 0.571. The first-order valence-electron chi connectivity index (χ1n) is 6.66. The predicted molar refractivity (Wildman–Crippen MR) is 79.6 cm³/mol. The number of nitrogens with one attached hydrogen (secondary N) is 1. The first-order valence-corrected chi connectivity index (χ1v) is 6.66. The molecule has 1 fully saturated rings. The number of piperazine rings is 1. The highest BCUT2D eigenvalue weighted by Crippen LogP contribution is 2.33. The molecule has 1 aliphatic rings. The molecular formula is C14H21ClF2N2O2. The quantitative estimate of drug-likeness (QED) is 0.903. The second kappa shape index (κ2) is 8.36. The Morgan fingerprint density at radius 3 is 2.81 bits per heavy atom. The van der Waals surface area contributed by atoms with Gasteiger partial charge in [-0.1, -0.05) is 12.1 Å². The van der Waals surface area contributed by atoms with Crippen LogP contribution in [0.1, 0.15) is 12.5 Å². The lowest BCUT2D eigenvalue weighted by Gasteiger charge is -2.32. The standard InChI is InChI=1S/C14H20F2N2O2.ClH/c1-10-8-18(7-6-17-10)9-11-4-3-5-12(19-2)13(11)20-14(15)16;/h3-5,10,14,17H,6-9H2,1-2H3;1H/t10-;/m1./s1. The number of rotatable bonds is 5. The number of ether oxygens (including phenoxy) is 2. The van der Waals surface area contributed by atoms with Gasteiger partial charge in [-0.3, -0.25) is 4.90 Å². The molecule has 1 N–H and O–H groups in total. The Hall–Kier alpha value is -1.11. The number of halogens is 3. The minimum atomic E-state index is -2.85. The van der Waals surface area contributed by atoms with Gasteiger partial charge in [0.05, 0.1) is 7.11 Å². The van der Waals surface area contributed by atoms with Crippen molar-refractivity contribution in [3.63, 3.8) is 0 Å². The van der Waals surface area contributed by atoms with Crippen LogP contribution in [0.15, 0.2) is 18.2 Å². The van der Waals surface area contributed by atoms with E-state index in [0.717, 1.165) is 25.2 Å². The van der Waals surface area contributed by atoms with Gasteiger partial charge in [0.25, 0.3) is 0 Å².